The average Bonchev–Trinajstić information content (AvgIpc) is 3.20. The van der Waals surface area contributed by atoms with Crippen LogP contribution in [0.15, 0.2) is 54.7 Å². The lowest BCUT2D eigenvalue weighted by molar-refractivity contribution is 0.455. The van der Waals surface area contributed by atoms with E-state index in [1.165, 1.54) is 11.8 Å². The normalized spacial score (nSPS) is 15.0. The first-order valence-electron chi connectivity index (χ1n) is 10.4. The molecule has 1 aromatic carbocycles. The molecule has 0 aliphatic carbocycles. The zero-order chi connectivity index (χ0) is 20.5. The number of rotatable bonds is 4. The van der Waals surface area contributed by atoms with Gasteiger partial charge in [0.15, 0.2) is 0 Å². The molecular weight excluding hydrogens is 377 g/mol. The van der Waals surface area contributed by atoms with E-state index in [1.807, 2.05) is 18.2 Å². The molecule has 4 heterocycles. The number of fused-ring (bicyclic) bond motifs is 1. The van der Waals surface area contributed by atoms with Gasteiger partial charge in [-0.25, -0.2) is 14.4 Å². The Morgan fingerprint density at radius 1 is 1.07 bits per heavy atom. The minimum atomic E-state index is -0.235. The molecule has 6 heteroatoms. The standard InChI is InChI=1S/C24H24FN5/c25-18-3-1-2-15(13-18)12-17-4-5-22(26)30-23(17)19-8-11-28-24-20(19)14-21(29-24)16-6-9-27-10-7-16/h1-5,8,11,13-14,16,27H,6-7,9-10,12H2,(H2,26,30)(H,28,29). The number of hydrogen-bond acceptors (Lipinski definition) is 4. The summed E-state index contributed by atoms with van der Waals surface area (Å²) in [5.41, 5.74) is 11.9. The quantitative estimate of drug-likeness (QED) is 0.473. The fourth-order valence-electron chi connectivity index (χ4n) is 4.35. The molecule has 4 aromatic rings. The number of hydrogen-bond donors (Lipinski definition) is 3. The highest BCUT2D eigenvalue weighted by Gasteiger charge is 2.20. The van der Waals surface area contributed by atoms with Crippen LogP contribution in [0.1, 0.15) is 35.6 Å². The summed E-state index contributed by atoms with van der Waals surface area (Å²) in [6.45, 7) is 2.07. The Labute approximate surface area is 174 Å². The van der Waals surface area contributed by atoms with Crippen LogP contribution >= 0.6 is 0 Å². The molecule has 0 saturated carbocycles. The summed E-state index contributed by atoms with van der Waals surface area (Å²) in [6, 6.07) is 14.7. The van der Waals surface area contributed by atoms with Gasteiger partial charge in [-0.2, -0.15) is 0 Å². The molecular formula is C24H24FN5. The summed E-state index contributed by atoms with van der Waals surface area (Å²) >= 11 is 0. The molecule has 1 aliphatic rings. The number of aromatic nitrogens is 3. The Kier molecular flexibility index (Phi) is 4.93. The smallest absolute Gasteiger partial charge is 0.138 e. The first kappa shape index (κ1) is 18.8. The van der Waals surface area contributed by atoms with E-state index in [1.54, 1.807) is 24.4 Å². The Hall–Kier alpha value is -3.25. The lowest BCUT2D eigenvalue weighted by atomic mass is 9.94. The third-order valence-electron chi connectivity index (χ3n) is 5.87. The van der Waals surface area contributed by atoms with Crippen LogP contribution < -0.4 is 11.1 Å². The number of benzene rings is 1. The first-order valence-corrected chi connectivity index (χ1v) is 10.4. The van der Waals surface area contributed by atoms with Crippen LogP contribution in [0.4, 0.5) is 10.2 Å². The van der Waals surface area contributed by atoms with Crippen molar-refractivity contribution < 1.29 is 4.39 Å². The summed E-state index contributed by atoms with van der Waals surface area (Å²) in [7, 11) is 0. The van der Waals surface area contributed by atoms with Crippen LogP contribution in [0.3, 0.4) is 0 Å². The van der Waals surface area contributed by atoms with E-state index >= 15 is 0 Å². The maximum Gasteiger partial charge on any atom is 0.138 e. The number of anilines is 1. The predicted octanol–water partition coefficient (Wildman–Crippen LogP) is 4.40. The van der Waals surface area contributed by atoms with E-state index in [9.17, 15) is 4.39 Å². The van der Waals surface area contributed by atoms with Crippen molar-refractivity contribution in [1.29, 1.82) is 0 Å². The number of halogens is 1. The van der Waals surface area contributed by atoms with Crippen LogP contribution in [0.2, 0.25) is 0 Å². The van der Waals surface area contributed by atoms with E-state index in [2.05, 4.69) is 26.3 Å². The number of nitrogens with two attached hydrogens (primary N) is 1. The van der Waals surface area contributed by atoms with E-state index in [-0.39, 0.29) is 5.82 Å². The maximum absolute atomic E-state index is 13.7. The van der Waals surface area contributed by atoms with Crippen molar-refractivity contribution in [3.63, 3.8) is 0 Å². The largest absolute Gasteiger partial charge is 0.384 e. The lowest BCUT2D eigenvalue weighted by Crippen LogP contribution is -2.26. The van der Waals surface area contributed by atoms with Gasteiger partial charge in [0.1, 0.15) is 17.3 Å². The molecule has 0 bridgehead atoms. The van der Waals surface area contributed by atoms with Gasteiger partial charge >= 0.3 is 0 Å². The average molecular weight is 401 g/mol. The summed E-state index contributed by atoms with van der Waals surface area (Å²) in [4.78, 5) is 12.7. The Balaban J connectivity index is 1.59. The molecule has 1 aliphatic heterocycles. The van der Waals surface area contributed by atoms with Crippen molar-refractivity contribution in [3.8, 4) is 11.3 Å². The molecule has 0 unspecified atom stereocenters. The number of H-pyrrole nitrogens is 1. The fraction of sp³-hybridized carbons (Fsp3) is 0.250. The van der Waals surface area contributed by atoms with Gasteiger partial charge in [-0.05, 0) is 73.8 Å². The summed E-state index contributed by atoms with van der Waals surface area (Å²) in [6.07, 6.45) is 4.61. The second-order valence-corrected chi connectivity index (χ2v) is 7.92. The lowest BCUT2D eigenvalue weighted by Gasteiger charge is -2.21. The molecule has 1 fully saturated rings. The predicted molar refractivity (Wildman–Crippen MR) is 118 cm³/mol. The molecule has 152 valence electrons. The van der Waals surface area contributed by atoms with Gasteiger partial charge in [0, 0.05) is 28.8 Å². The van der Waals surface area contributed by atoms with Crippen molar-refractivity contribution >= 4 is 16.9 Å². The topological polar surface area (TPSA) is 79.6 Å². The molecule has 5 nitrogen and oxygen atoms in total. The highest BCUT2D eigenvalue weighted by molar-refractivity contribution is 5.93. The minimum absolute atomic E-state index is 0.235. The first-order chi connectivity index (χ1) is 14.7. The summed E-state index contributed by atoms with van der Waals surface area (Å²) in [5.74, 6) is 0.738. The Bertz CT molecular complexity index is 1190. The molecule has 0 radical (unpaired) electrons. The number of nitrogen functional groups attached to an aromatic ring is 1. The van der Waals surface area contributed by atoms with E-state index < -0.39 is 0 Å². The summed E-state index contributed by atoms with van der Waals surface area (Å²) in [5, 5.41) is 4.46. The van der Waals surface area contributed by atoms with Gasteiger partial charge in [0.2, 0.25) is 0 Å². The van der Waals surface area contributed by atoms with Crippen LogP contribution in [-0.4, -0.2) is 28.0 Å². The van der Waals surface area contributed by atoms with Gasteiger partial charge < -0.3 is 16.0 Å². The van der Waals surface area contributed by atoms with Crippen molar-refractivity contribution in [2.75, 3.05) is 18.8 Å². The number of pyridine rings is 2. The molecule has 0 spiro atoms. The van der Waals surface area contributed by atoms with Crippen LogP contribution in [0, 0.1) is 5.82 Å². The van der Waals surface area contributed by atoms with Gasteiger partial charge in [-0.3, -0.25) is 0 Å². The maximum atomic E-state index is 13.7. The fourth-order valence-corrected chi connectivity index (χ4v) is 4.35. The van der Waals surface area contributed by atoms with Crippen molar-refractivity contribution in [2.24, 2.45) is 0 Å². The second kappa shape index (κ2) is 7.88. The number of nitrogens with zero attached hydrogens (tertiary/aromatic N) is 2. The van der Waals surface area contributed by atoms with Crippen molar-refractivity contribution in [2.45, 2.75) is 25.2 Å². The van der Waals surface area contributed by atoms with Gasteiger partial charge in [-0.15, -0.1) is 0 Å². The Morgan fingerprint density at radius 3 is 2.77 bits per heavy atom. The van der Waals surface area contributed by atoms with Gasteiger partial charge in [-0.1, -0.05) is 18.2 Å². The molecule has 30 heavy (non-hydrogen) atoms. The Morgan fingerprint density at radius 2 is 1.93 bits per heavy atom. The molecule has 4 N–H and O–H groups in total. The summed E-state index contributed by atoms with van der Waals surface area (Å²) < 4.78 is 13.7. The molecule has 3 aromatic heterocycles. The molecule has 1 saturated heterocycles. The highest BCUT2D eigenvalue weighted by atomic mass is 19.1. The number of aromatic amines is 1. The molecule has 0 amide bonds. The molecule has 5 rings (SSSR count). The van der Waals surface area contributed by atoms with E-state index in [4.69, 9.17) is 5.73 Å². The van der Waals surface area contributed by atoms with Crippen LogP contribution in [0.5, 0.6) is 0 Å². The van der Waals surface area contributed by atoms with Gasteiger partial charge in [0.25, 0.3) is 0 Å². The highest BCUT2D eigenvalue weighted by Crippen LogP contribution is 2.34. The van der Waals surface area contributed by atoms with E-state index in [0.29, 0.717) is 18.2 Å². The van der Waals surface area contributed by atoms with Crippen molar-refractivity contribution in [3.05, 3.63) is 77.4 Å². The zero-order valence-electron chi connectivity index (χ0n) is 16.7. The van der Waals surface area contributed by atoms with Gasteiger partial charge in [0.05, 0.1) is 5.69 Å². The number of nitrogens with one attached hydrogen (secondary N) is 2. The van der Waals surface area contributed by atoms with Crippen LogP contribution in [-0.2, 0) is 6.42 Å². The number of piperidine rings is 1. The van der Waals surface area contributed by atoms with E-state index in [0.717, 1.165) is 59.3 Å². The SMILES string of the molecule is Nc1ccc(Cc2cccc(F)c2)c(-c2ccnc3[nH]c(C4CCNCC4)cc23)n1. The monoisotopic (exact) mass is 401 g/mol. The third-order valence-corrected chi connectivity index (χ3v) is 5.87. The zero-order valence-corrected chi connectivity index (χ0v) is 16.7. The van der Waals surface area contributed by atoms with Crippen LogP contribution in [0.25, 0.3) is 22.3 Å². The molecule has 0 atom stereocenters. The van der Waals surface area contributed by atoms with Crippen molar-refractivity contribution in [1.82, 2.24) is 20.3 Å². The second-order valence-electron chi connectivity index (χ2n) is 7.92. The third kappa shape index (κ3) is 3.66. The minimum Gasteiger partial charge on any atom is -0.384 e.